The minimum Gasteiger partial charge on any atom is -0.497 e. The molecule has 2 aliphatic heterocycles. The zero-order valence-corrected chi connectivity index (χ0v) is 52.5. The quantitative estimate of drug-likeness (QED) is 0.0279. The van der Waals surface area contributed by atoms with Gasteiger partial charge in [-0.3, -0.25) is 37.5 Å². The van der Waals surface area contributed by atoms with Crippen molar-refractivity contribution in [1.82, 2.24) is 18.7 Å². The van der Waals surface area contributed by atoms with Crippen LogP contribution in [-0.2, 0) is 47.3 Å². The van der Waals surface area contributed by atoms with Crippen LogP contribution in [0.5, 0.6) is 11.5 Å². The lowest BCUT2D eigenvalue weighted by Gasteiger charge is -2.41. The van der Waals surface area contributed by atoms with E-state index in [1.165, 1.54) is 48.5 Å². The van der Waals surface area contributed by atoms with Crippen molar-refractivity contribution in [2.45, 2.75) is 93.6 Å². The Bertz CT molecular complexity index is 4120. The Balaban J connectivity index is 1.05. The predicted molar refractivity (Wildman–Crippen MR) is 333 cm³/mol. The molecular weight excluding hydrogens is 1210 g/mol. The van der Waals surface area contributed by atoms with Crippen LogP contribution in [0.2, 0.25) is 18.1 Å². The van der Waals surface area contributed by atoms with Gasteiger partial charge in [0.1, 0.15) is 41.5 Å². The number of carbonyl (C=O) groups is 3. The lowest BCUT2D eigenvalue weighted by Crippen LogP contribution is -2.51. The third kappa shape index (κ3) is 14.0. The molecule has 9 atom stereocenters. The van der Waals surface area contributed by atoms with Crippen LogP contribution < -0.4 is 32.0 Å². The molecule has 0 bridgehead atoms. The van der Waals surface area contributed by atoms with Crippen molar-refractivity contribution in [3.05, 3.63) is 269 Å². The monoisotopic (exact) mass is 1280 g/mol. The molecule has 0 radical (unpaired) electrons. The lowest BCUT2D eigenvalue weighted by molar-refractivity contribution is -0.0950. The molecule has 0 saturated carbocycles. The highest BCUT2D eigenvalue weighted by atomic mass is 31.2. The van der Waals surface area contributed by atoms with Crippen molar-refractivity contribution in [2.75, 3.05) is 27.4 Å². The van der Waals surface area contributed by atoms with Crippen LogP contribution in [-0.4, -0.2) is 114 Å². The van der Waals surface area contributed by atoms with Crippen molar-refractivity contribution in [1.29, 1.82) is 0 Å². The highest BCUT2D eigenvalue weighted by Crippen LogP contribution is 2.52. The van der Waals surface area contributed by atoms with Gasteiger partial charge in [-0.05, 0) is 95.5 Å². The lowest BCUT2D eigenvalue weighted by atomic mass is 9.80. The second-order valence-corrected chi connectivity index (χ2v) is 29.1. The fourth-order valence-electron chi connectivity index (χ4n) is 10.5. The van der Waals surface area contributed by atoms with Crippen LogP contribution in [0.15, 0.2) is 214 Å². The number of nitrogens with one attached hydrogen (secondary N) is 1. The standard InChI is InChI=1S/C66H67N4O19PSi/c1-65(2,3)91(6,7)89-55-50(40-82-66(45-26-18-11-19-27-45,46-28-32-48(80-4)33-29-46)47-30-34-49(81-5)35-31-47)84-60(68-38-36-52(71)67-63(68)76)57(55)88-90(78,79)83-41-51-54(86-61(74)43-22-14-9-15-23-43)56(87-62(75)44-24-16-10-17-25-44)59(85-51)69-39-37-53(72)70(64(69)77)58(73)42-20-12-8-13-21-42/h8-39,50-51,54-57,59-60H,40-41H2,1-7H3,(H,78,79)(H,67,71,76)/t50-,51-,54-,55-,56-,57-,59-,60-/m1/s1. The molecular formula is C66H67N4O19PSi. The van der Waals surface area contributed by atoms with Gasteiger partial charge in [0.25, 0.3) is 17.0 Å². The van der Waals surface area contributed by atoms with Gasteiger partial charge in [0.15, 0.2) is 33.0 Å². The maximum absolute atomic E-state index is 15.2. The second-order valence-electron chi connectivity index (χ2n) is 23.0. The van der Waals surface area contributed by atoms with E-state index in [0.29, 0.717) is 32.8 Å². The van der Waals surface area contributed by atoms with E-state index in [4.69, 9.17) is 46.6 Å². The number of phosphoric acid groups is 1. The first-order chi connectivity index (χ1) is 43.5. The molecule has 4 heterocycles. The number of carbonyl (C=O) groups excluding carboxylic acids is 3. The molecule has 474 valence electrons. The van der Waals surface area contributed by atoms with E-state index >= 15 is 4.57 Å². The van der Waals surface area contributed by atoms with Gasteiger partial charge in [-0.25, -0.2) is 23.7 Å². The number of hydrogen-bond acceptors (Lipinski definition) is 18. The van der Waals surface area contributed by atoms with Crippen LogP contribution in [0.4, 0.5) is 0 Å². The van der Waals surface area contributed by atoms with Gasteiger partial charge in [0.05, 0.1) is 38.6 Å². The molecule has 2 saturated heterocycles. The van der Waals surface area contributed by atoms with Gasteiger partial charge in [-0.2, -0.15) is 4.57 Å². The minimum atomic E-state index is -5.62. The number of nitrogens with zero attached hydrogens (tertiary/aromatic N) is 3. The third-order valence-corrected chi connectivity index (χ3v) is 21.7. The number of esters is 2. The Hall–Kier alpha value is -8.94. The molecule has 2 N–H and O–H groups in total. The van der Waals surface area contributed by atoms with Crippen molar-refractivity contribution < 1.29 is 70.5 Å². The van der Waals surface area contributed by atoms with Crippen LogP contribution in [0.25, 0.3) is 0 Å². The molecule has 2 aromatic heterocycles. The summed E-state index contributed by atoms with van der Waals surface area (Å²) in [5.74, 6) is -1.87. The summed E-state index contributed by atoms with van der Waals surface area (Å²) < 4.78 is 80.5. The molecule has 6 aromatic carbocycles. The van der Waals surface area contributed by atoms with Gasteiger partial charge in [0, 0.05) is 30.1 Å². The summed E-state index contributed by atoms with van der Waals surface area (Å²) in [6.45, 7) is 8.37. The number of benzene rings is 6. The van der Waals surface area contributed by atoms with E-state index in [0.717, 1.165) is 33.7 Å². The van der Waals surface area contributed by atoms with Gasteiger partial charge in [-0.1, -0.05) is 130 Å². The van der Waals surface area contributed by atoms with E-state index in [1.54, 1.807) is 80.9 Å². The average Bonchev–Trinajstić information content (AvgIpc) is 2.10. The molecule has 2 fully saturated rings. The molecule has 25 heteroatoms. The van der Waals surface area contributed by atoms with Crippen molar-refractivity contribution >= 4 is 34.0 Å². The topological polar surface area (TPSA) is 280 Å². The first kappa shape index (κ1) is 65.0. The van der Waals surface area contributed by atoms with Crippen molar-refractivity contribution in [3.63, 3.8) is 0 Å². The summed E-state index contributed by atoms with van der Waals surface area (Å²) in [6.07, 6.45) is -11.2. The number of phosphoric ester groups is 1. The number of aromatic amines is 1. The Kier molecular flexibility index (Phi) is 19.5. The van der Waals surface area contributed by atoms with Gasteiger partial charge in [0.2, 0.25) is 0 Å². The zero-order valence-electron chi connectivity index (χ0n) is 50.6. The summed E-state index contributed by atoms with van der Waals surface area (Å²) in [5.41, 5.74) is -3.52. The number of hydrogen-bond donors (Lipinski definition) is 2. The van der Waals surface area contributed by atoms with E-state index in [-0.39, 0.29) is 23.3 Å². The van der Waals surface area contributed by atoms with Crippen molar-refractivity contribution in [2.24, 2.45) is 0 Å². The summed E-state index contributed by atoms with van der Waals surface area (Å²) >= 11 is 0. The summed E-state index contributed by atoms with van der Waals surface area (Å²) in [4.78, 5) is 111. The highest BCUT2D eigenvalue weighted by molar-refractivity contribution is 7.47. The fraction of sp³-hybridized carbons (Fsp3) is 0.288. The molecule has 8 aromatic rings. The minimum absolute atomic E-state index is 0.0131. The molecule has 2 aliphatic rings. The maximum Gasteiger partial charge on any atom is 0.472 e. The summed E-state index contributed by atoms with van der Waals surface area (Å²) in [5, 5.41) is -0.539. The molecule has 23 nitrogen and oxygen atoms in total. The van der Waals surface area contributed by atoms with Gasteiger partial charge >= 0.3 is 31.1 Å². The number of aromatic nitrogens is 4. The third-order valence-electron chi connectivity index (χ3n) is 16.2. The van der Waals surface area contributed by atoms with Crippen LogP contribution >= 0.6 is 7.82 Å². The van der Waals surface area contributed by atoms with Crippen LogP contribution in [0.3, 0.4) is 0 Å². The average molecular weight is 1280 g/mol. The maximum atomic E-state index is 15.2. The number of rotatable bonds is 22. The van der Waals surface area contributed by atoms with Gasteiger partial charge < -0.3 is 42.5 Å². The Labute approximate surface area is 522 Å². The molecule has 0 aliphatic carbocycles. The molecule has 0 spiro atoms. The Morgan fingerprint density at radius 2 is 1.03 bits per heavy atom. The van der Waals surface area contributed by atoms with Crippen LogP contribution in [0, 0.1) is 0 Å². The highest BCUT2D eigenvalue weighted by Gasteiger charge is 2.57. The molecule has 10 rings (SSSR count). The van der Waals surface area contributed by atoms with E-state index in [2.05, 4.69) is 4.98 Å². The predicted octanol–water partition coefficient (Wildman–Crippen LogP) is 8.41. The Morgan fingerprint density at radius 3 is 1.54 bits per heavy atom. The number of methoxy groups -OCH3 is 2. The SMILES string of the molecule is COc1ccc(C(OC[C@H]2O[C@@H](n3ccc(=O)[nH]c3=O)[C@H](OP(=O)(O)OC[C@H]3O[C@@H](n4ccc(=O)n(C(=O)c5ccccc5)c4=O)[C@H](OC(=O)c4ccccc4)[C@@H]3OC(=O)c3ccccc3)[C@@H]2O[Si](C)(C)C(C)(C)C)(c2ccccc2)c2ccc(OC)cc2)cc1. The van der Waals surface area contributed by atoms with E-state index in [1.807, 2.05) is 88.5 Å². The fourth-order valence-corrected chi connectivity index (χ4v) is 12.8. The van der Waals surface area contributed by atoms with Crippen LogP contribution in [0.1, 0.15) is 81.0 Å². The summed E-state index contributed by atoms with van der Waals surface area (Å²) in [6, 6.07) is 48.6. The molecule has 91 heavy (non-hydrogen) atoms. The second kappa shape index (κ2) is 27.3. The largest absolute Gasteiger partial charge is 0.497 e. The van der Waals surface area contributed by atoms with E-state index < -0.39 is 123 Å². The smallest absolute Gasteiger partial charge is 0.472 e. The van der Waals surface area contributed by atoms with Crippen molar-refractivity contribution in [3.8, 4) is 11.5 Å². The first-order valence-corrected chi connectivity index (χ1v) is 33.3. The van der Waals surface area contributed by atoms with Gasteiger partial charge in [-0.15, -0.1) is 0 Å². The Morgan fingerprint density at radius 1 is 0.571 bits per heavy atom. The van der Waals surface area contributed by atoms with E-state index in [9.17, 15) is 38.5 Å². The molecule has 0 amide bonds. The zero-order chi connectivity index (χ0) is 64.8. The normalized spacial score (nSPS) is 20.7. The molecule has 1 unspecified atom stereocenters. The summed E-state index contributed by atoms with van der Waals surface area (Å²) in [7, 11) is -5.59. The number of ether oxygens (including phenoxy) is 7. The first-order valence-electron chi connectivity index (χ1n) is 28.9. The number of H-pyrrole nitrogens is 1.